The van der Waals surface area contributed by atoms with E-state index < -0.39 is 0 Å². The molecule has 1 aromatic carbocycles. The summed E-state index contributed by atoms with van der Waals surface area (Å²) in [4.78, 5) is 4.05. The molecule has 0 atom stereocenters. The predicted molar refractivity (Wildman–Crippen MR) is 73.5 cm³/mol. The highest BCUT2D eigenvalue weighted by molar-refractivity contribution is 9.10. The molecule has 6 heteroatoms. The second-order valence-electron chi connectivity index (χ2n) is 3.50. The summed E-state index contributed by atoms with van der Waals surface area (Å²) >= 11 is 9.27. The van der Waals surface area contributed by atoms with Crippen molar-refractivity contribution in [2.24, 2.45) is 5.10 Å². The van der Waals surface area contributed by atoms with Crippen LogP contribution in [0, 0.1) is 6.92 Å². The molecule has 0 saturated heterocycles. The Morgan fingerprint density at radius 2 is 2.29 bits per heavy atom. The van der Waals surface area contributed by atoms with Gasteiger partial charge in [0, 0.05) is 15.1 Å². The fourth-order valence-electron chi connectivity index (χ4n) is 1.33. The average Bonchev–Trinajstić information content (AvgIpc) is 2.56. The summed E-state index contributed by atoms with van der Waals surface area (Å²) in [7, 11) is 0. The number of nitrogen functional groups attached to an aromatic ring is 1. The molecule has 0 saturated carbocycles. The van der Waals surface area contributed by atoms with Crippen LogP contribution in [0.1, 0.15) is 11.3 Å². The van der Waals surface area contributed by atoms with Gasteiger partial charge in [0.25, 0.3) is 0 Å². The van der Waals surface area contributed by atoms with E-state index in [0.29, 0.717) is 11.0 Å². The number of halogens is 2. The lowest BCUT2D eigenvalue weighted by Gasteiger charge is -1.99. The summed E-state index contributed by atoms with van der Waals surface area (Å²) in [5.74, 6) is 0.365. The lowest BCUT2D eigenvalue weighted by molar-refractivity contribution is 0.897. The smallest absolute Gasteiger partial charge is 0.221 e. The van der Waals surface area contributed by atoms with Crippen LogP contribution in [-0.4, -0.2) is 15.9 Å². The van der Waals surface area contributed by atoms with Crippen molar-refractivity contribution in [3.8, 4) is 0 Å². The highest BCUT2D eigenvalue weighted by Crippen LogP contribution is 2.20. The number of hydrogen-bond donors (Lipinski definition) is 1. The highest BCUT2D eigenvalue weighted by Gasteiger charge is 2.00. The van der Waals surface area contributed by atoms with Crippen LogP contribution in [0.25, 0.3) is 0 Å². The molecule has 2 N–H and O–H groups in total. The van der Waals surface area contributed by atoms with Crippen LogP contribution in [0.5, 0.6) is 0 Å². The average molecular weight is 314 g/mol. The Morgan fingerprint density at radius 1 is 1.53 bits per heavy atom. The van der Waals surface area contributed by atoms with E-state index in [4.69, 9.17) is 17.3 Å². The summed E-state index contributed by atoms with van der Waals surface area (Å²) < 4.78 is 2.40. The quantitative estimate of drug-likeness (QED) is 0.866. The van der Waals surface area contributed by atoms with Crippen LogP contribution in [-0.2, 0) is 0 Å². The van der Waals surface area contributed by atoms with E-state index in [1.54, 1.807) is 18.5 Å². The van der Waals surface area contributed by atoms with Crippen molar-refractivity contribution >= 4 is 39.7 Å². The van der Waals surface area contributed by atoms with E-state index in [-0.39, 0.29) is 0 Å². The number of benzene rings is 1. The zero-order valence-electron chi connectivity index (χ0n) is 9.06. The molecule has 1 aromatic heterocycles. The second kappa shape index (κ2) is 4.89. The monoisotopic (exact) mass is 312 g/mol. The summed E-state index contributed by atoms with van der Waals surface area (Å²) in [5, 5.41) is 4.89. The zero-order chi connectivity index (χ0) is 12.4. The van der Waals surface area contributed by atoms with Crippen molar-refractivity contribution in [2.75, 3.05) is 5.73 Å². The van der Waals surface area contributed by atoms with Crippen molar-refractivity contribution in [3.63, 3.8) is 0 Å². The lowest BCUT2D eigenvalue weighted by atomic mass is 10.2. The molecule has 17 heavy (non-hydrogen) atoms. The van der Waals surface area contributed by atoms with Gasteiger partial charge in [0.2, 0.25) is 5.95 Å². The lowest BCUT2D eigenvalue weighted by Crippen LogP contribution is -1.97. The summed E-state index contributed by atoms with van der Waals surface area (Å²) in [6.07, 6.45) is 3.45. The largest absolute Gasteiger partial charge is 0.368 e. The molecule has 4 nitrogen and oxygen atoms in total. The minimum atomic E-state index is 0.365. The van der Waals surface area contributed by atoms with E-state index in [0.717, 1.165) is 15.7 Å². The predicted octanol–water partition coefficient (Wildman–Crippen LogP) is 3.07. The molecule has 0 aliphatic heterocycles. The van der Waals surface area contributed by atoms with E-state index in [1.165, 1.54) is 4.68 Å². The number of anilines is 1. The molecule has 0 amide bonds. The minimum absolute atomic E-state index is 0.365. The third-order valence-electron chi connectivity index (χ3n) is 2.12. The summed E-state index contributed by atoms with van der Waals surface area (Å²) in [6, 6.07) is 5.48. The van der Waals surface area contributed by atoms with Gasteiger partial charge >= 0.3 is 0 Å². The van der Waals surface area contributed by atoms with E-state index in [1.807, 2.05) is 19.1 Å². The van der Waals surface area contributed by atoms with Gasteiger partial charge in [-0.2, -0.15) is 5.10 Å². The number of hydrogen-bond acceptors (Lipinski definition) is 3. The van der Waals surface area contributed by atoms with Crippen LogP contribution >= 0.6 is 27.5 Å². The number of imidazole rings is 1. The van der Waals surface area contributed by atoms with E-state index in [9.17, 15) is 0 Å². The van der Waals surface area contributed by atoms with Gasteiger partial charge in [-0.05, 0) is 19.1 Å². The highest BCUT2D eigenvalue weighted by atomic mass is 79.9. The molecule has 0 bridgehead atoms. The topological polar surface area (TPSA) is 56.2 Å². The molecular formula is C11H10BrClN4. The van der Waals surface area contributed by atoms with Crippen LogP contribution in [0.4, 0.5) is 5.95 Å². The third kappa shape index (κ3) is 2.87. The van der Waals surface area contributed by atoms with Crippen molar-refractivity contribution < 1.29 is 0 Å². The van der Waals surface area contributed by atoms with Crippen molar-refractivity contribution in [2.45, 2.75) is 6.92 Å². The van der Waals surface area contributed by atoms with Gasteiger partial charge in [-0.25, -0.2) is 9.66 Å². The molecule has 0 unspecified atom stereocenters. The maximum atomic E-state index is 5.85. The van der Waals surface area contributed by atoms with Crippen LogP contribution < -0.4 is 5.73 Å². The fourth-order valence-corrected chi connectivity index (χ4v) is 2.11. The van der Waals surface area contributed by atoms with Gasteiger partial charge in [0.05, 0.1) is 18.1 Å². The Labute approximate surface area is 112 Å². The van der Waals surface area contributed by atoms with Gasteiger partial charge < -0.3 is 5.73 Å². The Balaban J connectivity index is 2.29. The van der Waals surface area contributed by atoms with Crippen LogP contribution in [0.3, 0.4) is 0 Å². The van der Waals surface area contributed by atoms with Gasteiger partial charge in [-0.1, -0.05) is 33.6 Å². The van der Waals surface area contributed by atoms with Gasteiger partial charge in [0.15, 0.2) is 0 Å². The molecule has 0 aliphatic carbocycles. The second-order valence-corrected chi connectivity index (χ2v) is 4.79. The Bertz CT molecular complexity index is 577. The molecule has 2 aromatic rings. The summed E-state index contributed by atoms with van der Waals surface area (Å²) in [5.41, 5.74) is 7.42. The summed E-state index contributed by atoms with van der Waals surface area (Å²) in [6.45, 7) is 1.86. The first-order valence-electron chi connectivity index (χ1n) is 4.87. The molecule has 1 heterocycles. The standard InChI is InChI=1S/C11H10BrClN4/c1-7-6-17(11(14)16-7)15-5-8-2-3-9(13)4-10(8)12/h2-6H,1H3,(H2,14,16). The third-order valence-corrected chi connectivity index (χ3v) is 3.04. The van der Waals surface area contributed by atoms with Crippen molar-refractivity contribution in [1.29, 1.82) is 0 Å². The fraction of sp³-hybridized carbons (Fsp3) is 0.0909. The van der Waals surface area contributed by atoms with Gasteiger partial charge in [-0.15, -0.1) is 0 Å². The minimum Gasteiger partial charge on any atom is -0.368 e. The maximum absolute atomic E-state index is 5.85. The normalized spacial score (nSPS) is 11.2. The Hall–Kier alpha value is -1.33. The Kier molecular flexibility index (Phi) is 3.49. The van der Waals surface area contributed by atoms with E-state index >= 15 is 0 Å². The number of nitrogens with two attached hydrogens (primary N) is 1. The number of aromatic nitrogens is 2. The van der Waals surface area contributed by atoms with E-state index in [2.05, 4.69) is 26.0 Å². The molecule has 0 aliphatic rings. The first-order chi connectivity index (χ1) is 8.06. The van der Waals surface area contributed by atoms with Gasteiger partial charge in [-0.3, -0.25) is 0 Å². The van der Waals surface area contributed by atoms with Crippen LogP contribution in [0.15, 0.2) is 34.0 Å². The van der Waals surface area contributed by atoms with Crippen molar-refractivity contribution in [1.82, 2.24) is 9.66 Å². The van der Waals surface area contributed by atoms with Gasteiger partial charge in [0.1, 0.15) is 0 Å². The number of aryl methyl sites for hydroxylation is 1. The molecule has 0 radical (unpaired) electrons. The first kappa shape index (κ1) is 12.1. The Morgan fingerprint density at radius 3 is 2.88 bits per heavy atom. The molecule has 0 fully saturated rings. The maximum Gasteiger partial charge on any atom is 0.221 e. The zero-order valence-corrected chi connectivity index (χ0v) is 11.4. The van der Waals surface area contributed by atoms with Crippen molar-refractivity contribution in [3.05, 3.63) is 45.1 Å². The van der Waals surface area contributed by atoms with Crippen LogP contribution in [0.2, 0.25) is 5.02 Å². The number of nitrogens with zero attached hydrogens (tertiary/aromatic N) is 3. The molecular weight excluding hydrogens is 304 g/mol. The first-order valence-corrected chi connectivity index (χ1v) is 6.04. The number of rotatable bonds is 2. The molecule has 0 spiro atoms. The molecule has 2 rings (SSSR count). The SMILES string of the molecule is Cc1cn(N=Cc2ccc(Cl)cc2Br)c(N)n1. The molecule has 88 valence electrons.